The third-order valence-electron chi connectivity index (χ3n) is 3.93. The summed E-state index contributed by atoms with van der Waals surface area (Å²) in [6.07, 6.45) is 1.88. The van der Waals surface area contributed by atoms with E-state index >= 15 is 0 Å². The van der Waals surface area contributed by atoms with Crippen LogP contribution in [0.1, 0.15) is 28.8 Å². The van der Waals surface area contributed by atoms with Crippen LogP contribution in [0.5, 0.6) is 0 Å². The molecule has 3 rings (SSSR count). The molecule has 7 nitrogen and oxygen atoms in total. The molecule has 0 aromatic heterocycles. The first-order valence-electron chi connectivity index (χ1n) is 8.49. The predicted molar refractivity (Wildman–Crippen MR) is 99.9 cm³/mol. The van der Waals surface area contributed by atoms with Gasteiger partial charge in [0.25, 0.3) is 15.9 Å². The minimum atomic E-state index is -3.86. The molecule has 0 radical (unpaired) electrons. The normalized spacial score (nSPS) is 13.7. The number of esters is 1. The second-order valence-corrected chi connectivity index (χ2v) is 8.10. The zero-order chi connectivity index (χ0) is 19.4. The molecule has 0 heterocycles. The minimum absolute atomic E-state index is 0.0568. The Morgan fingerprint density at radius 2 is 1.85 bits per heavy atom. The van der Waals surface area contributed by atoms with Gasteiger partial charge < -0.3 is 10.1 Å². The van der Waals surface area contributed by atoms with Gasteiger partial charge in [0.15, 0.2) is 6.61 Å². The zero-order valence-corrected chi connectivity index (χ0v) is 15.6. The van der Waals surface area contributed by atoms with Crippen molar-refractivity contribution in [2.24, 2.45) is 0 Å². The van der Waals surface area contributed by atoms with Crippen LogP contribution < -0.4 is 10.0 Å². The standard InChI is InChI=1S/C19H20N2O5S/c1-13-4-2-6-16(10-13)21-27(24,25)17-7-3-5-14(11-17)19(23)26-12-18(22)20-15-8-9-15/h2-7,10-11,15,21H,8-9,12H2,1H3,(H,20,22). The number of carbonyl (C=O) groups is 2. The molecule has 1 aliphatic carbocycles. The number of hydrogen-bond acceptors (Lipinski definition) is 5. The number of benzene rings is 2. The second-order valence-electron chi connectivity index (χ2n) is 6.42. The topological polar surface area (TPSA) is 102 Å². The Balaban J connectivity index is 1.68. The maximum absolute atomic E-state index is 12.6. The van der Waals surface area contributed by atoms with E-state index < -0.39 is 22.6 Å². The highest BCUT2D eigenvalue weighted by Crippen LogP contribution is 2.19. The van der Waals surface area contributed by atoms with Crippen molar-refractivity contribution in [2.75, 3.05) is 11.3 Å². The highest BCUT2D eigenvalue weighted by molar-refractivity contribution is 7.92. The van der Waals surface area contributed by atoms with Gasteiger partial charge in [0, 0.05) is 11.7 Å². The third kappa shape index (κ3) is 5.30. The number of nitrogens with one attached hydrogen (secondary N) is 2. The van der Waals surface area contributed by atoms with Crippen molar-refractivity contribution in [3.63, 3.8) is 0 Å². The summed E-state index contributed by atoms with van der Waals surface area (Å²) in [6, 6.07) is 12.6. The van der Waals surface area contributed by atoms with E-state index in [1.54, 1.807) is 18.2 Å². The molecule has 0 unspecified atom stereocenters. The van der Waals surface area contributed by atoms with E-state index in [0.717, 1.165) is 18.4 Å². The summed E-state index contributed by atoms with van der Waals surface area (Å²) in [4.78, 5) is 23.6. The van der Waals surface area contributed by atoms with Crippen LogP contribution in [0.3, 0.4) is 0 Å². The Labute approximate surface area is 157 Å². The fourth-order valence-corrected chi connectivity index (χ4v) is 3.52. The molecule has 142 valence electrons. The molecule has 1 fully saturated rings. The zero-order valence-electron chi connectivity index (χ0n) is 14.8. The lowest BCUT2D eigenvalue weighted by molar-refractivity contribution is -0.124. The van der Waals surface area contributed by atoms with Crippen LogP contribution in [0, 0.1) is 6.92 Å². The summed E-state index contributed by atoms with van der Waals surface area (Å²) < 4.78 is 32.5. The number of anilines is 1. The van der Waals surface area contributed by atoms with Crippen molar-refractivity contribution in [3.05, 3.63) is 59.7 Å². The number of ether oxygens (including phenoxy) is 1. The van der Waals surface area contributed by atoms with Gasteiger partial charge in [-0.3, -0.25) is 9.52 Å². The number of amides is 1. The van der Waals surface area contributed by atoms with E-state index in [2.05, 4.69) is 10.0 Å². The third-order valence-corrected chi connectivity index (χ3v) is 5.31. The molecule has 0 aliphatic heterocycles. The molecule has 2 aromatic rings. The molecular formula is C19H20N2O5S. The van der Waals surface area contributed by atoms with Gasteiger partial charge in [0.05, 0.1) is 10.5 Å². The van der Waals surface area contributed by atoms with Crippen molar-refractivity contribution >= 4 is 27.6 Å². The summed E-state index contributed by atoms with van der Waals surface area (Å²) in [7, 11) is -3.86. The second kappa shape index (κ2) is 7.79. The Morgan fingerprint density at radius 1 is 1.11 bits per heavy atom. The molecule has 1 amide bonds. The van der Waals surface area contributed by atoms with Crippen LogP contribution in [0.2, 0.25) is 0 Å². The summed E-state index contributed by atoms with van der Waals surface area (Å²) in [5.74, 6) is -1.12. The molecule has 1 aliphatic rings. The molecule has 0 bridgehead atoms. The molecule has 0 spiro atoms. The van der Waals surface area contributed by atoms with Crippen molar-refractivity contribution in [1.82, 2.24) is 5.32 Å². The van der Waals surface area contributed by atoms with Crippen LogP contribution in [-0.4, -0.2) is 32.9 Å². The molecule has 0 atom stereocenters. The predicted octanol–water partition coefficient (Wildman–Crippen LogP) is 2.23. The largest absolute Gasteiger partial charge is 0.452 e. The number of carbonyl (C=O) groups excluding carboxylic acids is 2. The Kier molecular flexibility index (Phi) is 5.46. The van der Waals surface area contributed by atoms with Gasteiger partial charge >= 0.3 is 5.97 Å². The average Bonchev–Trinajstić information content (AvgIpc) is 3.43. The SMILES string of the molecule is Cc1cccc(NS(=O)(=O)c2cccc(C(=O)OCC(=O)NC3CC3)c2)c1. The molecule has 27 heavy (non-hydrogen) atoms. The van der Waals surface area contributed by atoms with Crippen molar-refractivity contribution < 1.29 is 22.7 Å². The van der Waals surface area contributed by atoms with E-state index in [1.807, 2.05) is 13.0 Å². The maximum Gasteiger partial charge on any atom is 0.338 e. The summed E-state index contributed by atoms with van der Waals surface area (Å²) in [6.45, 7) is 1.46. The van der Waals surface area contributed by atoms with E-state index in [-0.39, 0.29) is 22.4 Å². The molecular weight excluding hydrogens is 368 g/mol. The Bertz CT molecular complexity index is 968. The fourth-order valence-electron chi connectivity index (χ4n) is 2.42. The minimum Gasteiger partial charge on any atom is -0.452 e. The van der Waals surface area contributed by atoms with Crippen molar-refractivity contribution in [1.29, 1.82) is 0 Å². The molecule has 2 aromatic carbocycles. The van der Waals surface area contributed by atoms with Crippen molar-refractivity contribution in [3.8, 4) is 0 Å². The van der Waals surface area contributed by atoms with Gasteiger partial charge in [-0.15, -0.1) is 0 Å². The van der Waals surface area contributed by atoms with Gasteiger partial charge in [-0.25, -0.2) is 13.2 Å². The number of sulfonamides is 1. The number of hydrogen-bond donors (Lipinski definition) is 2. The van der Waals surface area contributed by atoms with Gasteiger partial charge in [-0.2, -0.15) is 0 Å². The highest BCUT2D eigenvalue weighted by Gasteiger charge is 2.24. The monoisotopic (exact) mass is 388 g/mol. The number of aryl methyl sites for hydroxylation is 1. The first-order valence-corrected chi connectivity index (χ1v) is 9.98. The Morgan fingerprint density at radius 3 is 2.56 bits per heavy atom. The van der Waals surface area contributed by atoms with E-state index in [9.17, 15) is 18.0 Å². The van der Waals surface area contributed by atoms with Gasteiger partial charge in [0.1, 0.15) is 0 Å². The molecule has 0 saturated heterocycles. The fraction of sp³-hybridized carbons (Fsp3) is 0.263. The lowest BCUT2D eigenvalue weighted by Crippen LogP contribution is -2.30. The highest BCUT2D eigenvalue weighted by atomic mass is 32.2. The van der Waals surface area contributed by atoms with Gasteiger partial charge in [-0.05, 0) is 55.7 Å². The summed E-state index contributed by atoms with van der Waals surface area (Å²) in [5.41, 5.74) is 1.40. The van der Waals surface area contributed by atoms with Crippen LogP contribution in [0.15, 0.2) is 53.4 Å². The van der Waals surface area contributed by atoms with E-state index in [1.165, 1.54) is 24.3 Å². The molecule has 8 heteroatoms. The molecule has 2 N–H and O–H groups in total. The van der Waals surface area contributed by atoms with Crippen LogP contribution in [-0.2, 0) is 19.6 Å². The lowest BCUT2D eigenvalue weighted by atomic mass is 10.2. The quantitative estimate of drug-likeness (QED) is 0.708. The first kappa shape index (κ1) is 18.9. The first-order chi connectivity index (χ1) is 12.8. The average molecular weight is 388 g/mol. The maximum atomic E-state index is 12.6. The van der Waals surface area contributed by atoms with E-state index in [0.29, 0.717) is 5.69 Å². The lowest BCUT2D eigenvalue weighted by Gasteiger charge is -2.10. The van der Waals surface area contributed by atoms with Crippen LogP contribution in [0.25, 0.3) is 0 Å². The van der Waals surface area contributed by atoms with Gasteiger partial charge in [-0.1, -0.05) is 18.2 Å². The van der Waals surface area contributed by atoms with Crippen LogP contribution >= 0.6 is 0 Å². The molecule has 1 saturated carbocycles. The number of rotatable bonds is 7. The van der Waals surface area contributed by atoms with E-state index in [4.69, 9.17) is 4.74 Å². The van der Waals surface area contributed by atoms with Crippen molar-refractivity contribution in [2.45, 2.75) is 30.7 Å². The van der Waals surface area contributed by atoms with Crippen LogP contribution in [0.4, 0.5) is 5.69 Å². The summed E-state index contributed by atoms with van der Waals surface area (Å²) >= 11 is 0. The Hall–Kier alpha value is -2.87. The summed E-state index contributed by atoms with van der Waals surface area (Å²) in [5, 5.41) is 2.71. The smallest absolute Gasteiger partial charge is 0.338 e. The van der Waals surface area contributed by atoms with Gasteiger partial charge in [0.2, 0.25) is 0 Å².